The van der Waals surface area contributed by atoms with Crippen LogP contribution in [-0.4, -0.2) is 31.6 Å². The minimum absolute atomic E-state index is 0.0989. The zero-order valence-electron chi connectivity index (χ0n) is 20.3. The summed E-state index contributed by atoms with van der Waals surface area (Å²) in [5.41, 5.74) is 9.48. The van der Waals surface area contributed by atoms with E-state index >= 15 is 0 Å². The Hall–Kier alpha value is -1.87. The SMILES string of the molecule is CN1CCc2cc([C@H]3C[C@@]4(C)[C@@H](CCC45CCCO5)[C@@H]4CCC5=CC(=O)CCC5=C43)ccc21. The first-order valence-corrected chi connectivity index (χ1v) is 13.4. The predicted octanol–water partition coefficient (Wildman–Crippen LogP) is 6.13. The summed E-state index contributed by atoms with van der Waals surface area (Å²) in [4.78, 5) is 14.7. The molecule has 3 nitrogen and oxygen atoms in total. The molecule has 6 aliphatic rings. The normalized spacial score (nSPS) is 39.5. The summed E-state index contributed by atoms with van der Waals surface area (Å²) in [7, 11) is 2.22. The number of hydrogen-bond acceptors (Lipinski definition) is 3. The van der Waals surface area contributed by atoms with Crippen molar-refractivity contribution in [2.75, 3.05) is 25.1 Å². The second-order valence-corrected chi connectivity index (χ2v) is 12.0. The lowest BCUT2D eigenvalue weighted by atomic mass is 9.51. The lowest BCUT2D eigenvalue weighted by molar-refractivity contribution is -0.114. The van der Waals surface area contributed by atoms with Crippen molar-refractivity contribution < 1.29 is 9.53 Å². The molecule has 2 aliphatic heterocycles. The Morgan fingerprint density at radius 3 is 2.85 bits per heavy atom. The number of rotatable bonds is 1. The number of fused-ring (bicyclic) bond motifs is 6. The van der Waals surface area contributed by atoms with Gasteiger partial charge in [-0.1, -0.05) is 24.6 Å². The topological polar surface area (TPSA) is 29.5 Å². The van der Waals surface area contributed by atoms with Gasteiger partial charge in [-0.05, 0) is 104 Å². The van der Waals surface area contributed by atoms with Crippen LogP contribution in [0.25, 0.3) is 0 Å². The maximum absolute atomic E-state index is 12.3. The smallest absolute Gasteiger partial charge is 0.156 e. The quantitative estimate of drug-likeness (QED) is 0.523. The van der Waals surface area contributed by atoms with Crippen molar-refractivity contribution in [2.24, 2.45) is 17.3 Å². The van der Waals surface area contributed by atoms with Crippen LogP contribution in [0.3, 0.4) is 0 Å². The van der Waals surface area contributed by atoms with Crippen LogP contribution in [0.5, 0.6) is 0 Å². The third kappa shape index (κ3) is 2.75. The first-order valence-electron chi connectivity index (χ1n) is 13.4. The summed E-state index contributed by atoms with van der Waals surface area (Å²) in [6.07, 6.45) is 13.4. The molecule has 2 heterocycles. The fourth-order valence-electron chi connectivity index (χ4n) is 9.19. The van der Waals surface area contributed by atoms with E-state index in [4.69, 9.17) is 4.74 Å². The van der Waals surface area contributed by atoms with Gasteiger partial charge in [0.15, 0.2) is 5.78 Å². The monoisotopic (exact) mass is 443 g/mol. The zero-order chi connectivity index (χ0) is 22.4. The predicted molar refractivity (Wildman–Crippen MR) is 132 cm³/mol. The van der Waals surface area contributed by atoms with Crippen LogP contribution in [0.4, 0.5) is 5.69 Å². The molecule has 174 valence electrons. The first kappa shape index (κ1) is 20.5. The highest BCUT2D eigenvalue weighted by atomic mass is 16.5. The Labute approximate surface area is 198 Å². The van der Waals surface area contributed by atoms with Crippen LogP contribution in [0, 0.1) is 17.3 Å². The molecule has 0 amide bonds. The van der Waals surface area contributed by atoms with Crippen molar-refractivity contribution in [3.8, 4) is 0 Å². The number of nitrogens with zero attached hydrogens (tertiary/aromatic N) is 1. The molecule has 5 atom stereocenters. The second-order valence-electron chi connectivity index (χ2n) is 12.0. The van der Waals surface area contributed by atoms with Crippen LogP contribution in [0.2, 0.25) is 0 Å². The van der Waals surface area contributed by atoms with Crippen molar-refractivity contribution in [1.29, 1.82) is 0 Å². The highest BCUT2D eigenvalue weighted by Gasteiger charge is 2.64. The molecule has 1 aromatic rings. The van der Waals surface area contributed by atoms with Gasteiger partial charge in [-0.25, -0.2) is 0 Å². The van der Waals surface area contributed by atoms with Crippen molar-refractivity contribution in [3.05, 3.63) is 52.1 Å². The summed E-state index contributed by atoms with van der Waals surface area (Å²) in [6.45, 7) is 4.68. The van der Waals surface area contributed by atoms with Crippen LogP contribution in [0.15, 0.2) is 41.0 Å². The largest absolute Gasteiger partial charge is 0.374 e. The third-order valence-corrected chi connectivity index (χ3v) is 10.8. The minimum Gasteiger partial charge on any atom is -0.374 e. The van der Waals surface area contributed by atoms with Gasteiger partial charge < -0.3 is 9.64 Å². The van der Waals surface area contributed by atoms with E-state index in [2.05, 4.69) is 37.1 Å². The van der Waals surface area contributed by atoms with E-state index in [-0.39, 0.29) is 11.0 Å². The van der Waals surface area contributed by atoms with Crippen LogP contribution >= 0.6 is 0 Å². The summed E-state index contributed by atoms with van der Waals surface area (Å²) in [6, 6.07) is 7.36. The average molecular weight is 444 g/mol. The van der Waals surface area contributed by atoms with E-state index in [1.54, 1.807) is 11.1 Å². The highest BCUT2D eigenvalue weighted by Crippen LogP contribution is 2.69. The maximum Gasteiger partial charge on any atom is 0.156 e. The van der Waals surface area contributed by atoms with E-state index in [9.17, 15) is 4.79 Å². The molecular formula is C30H37NO2. The Morgan fingerprint density at radius 2 is 2.00 bits per heavy atom. The molecule has 3 heteroatoms. The maximum atomic E-state index is 12.3. The van der Waals surface area contributed by atoms with E-state index in [0.717, 1.165) is 38.3 Å². The molecule has 4 aliphatic carbocycles. The van der Waals surface area contributed by atoms with Gasteiger partial charge in [0.1, 0.15) is 0 Å². The lowest BCUT2D eigenvalue weighted by Crippen LogP contribution is -2.51. The molecule has 3 fully saturated rings. The van der Waals surface area contributed by atoms with Gasteiger partial charge in [0.05, 0.1) is 5.60 Å². The van der Waals surface area contributed by atoms with Crippen LogP contribution in [-0.2, 0) is 16.0 Å². The van der Waals surface area contributed by atoms with Gasteiger partial charge in [-0.2, -0.15) is 0 Å². The number of carbonyl (C=O) groups excluding carboxylic acids is 1. The van der Waals surface area contributed by atoms with Crippen molar-refractivity contribution >= 4 is 11.5 Å². The van der Waals surface area contributed by atoms with E-state index in [0.29, 0.717) is 24.0 Å². The molecule has 0 radical (unpaired) electrons. The first-order chi connectivity index (χ1) is 16.0. The lowest BCUT2D eigenvalue weighted by Gasteiger charge is -2.55. The highest BCUT2D eigenvalue weighted by molar-refractivity contribution is 5.93. The molecule has 1 saturated heterocycles. The molecule has 0 aromatic heterocycles. The summed E-state index contributed by atoms with van der Waals surface area (Å²) >= 11 is 0. The number of ketones is 1. The molecule has 0 N–H and O–H groups in total. The molecule has 7 rings (SSSR count). The summed E-state index contributed by atoms with van der Waals surface area (Å²) in [5, 5.41) is 0. The average Bonchev–Trinajstić information content (AvgIpc) is 3.52. The van der Waals surface area contributed by atoms with Gasteiger partial charge in [0.2, 0.25) is 0 Å². The van der Waals surface area contributed by atoms with E-state index < -0.39 is 0 Å². The number of likely N-dealkylation sites (N-methyl/N-ethyl adjacent to an activating group) is 1. The summed E-state index contributed by atoms with van der Waals surface area (Å²) < 4.78 is 6.67. The zero-order valence-corrected chi connectivity index (χ0v) is 20.3. The molecule has 1 aromatic carbocycles. The van der Waals surface area contributed by atoms with E-state index in [1.165, 1.54) is 60.9 Å². The number of anilines is 1. The number of ether oxygens (including phenoxy) is 1. The van der Waals surface area contributed by atoms with Crippen molar-refractivity contribution in [1.82, 2.24) is 0 Å². The fraction of sp³-hybridized carbons (Fsp3) is 0.633. The van der Waals surface area contributed by atoms with Gasteiger partial charge in [0, 0.05) is 43.6 Å². The Morgan fingerprint density at radius 1 is 1.09 bits per heavy atom. The van der Waals surface area contributed by atoms with Crippen molar-refractivity contribution in [3.63, 3.8) is 0 Å². The molecule has 0 bridgehead atoms. The standard InChI is InChI=1S/C30H37NO2/c1-29-18-25(19-5-9-27-21(16-19)11-14-31(27)2)28-23-8-6-22(32)17-20(23)4-7-24(28)26(29)10-13-30(29)12-3-15-33-30/h5,9,16-17,24-26H,3-4,6-8,10-15,18H2,1-2H3/t24-,25+,26-,29-,30?/m0/s1. The Bertz CT molecular complexity index is 1090. The molecular weight excluding hydrogens is 406 g/mol. The number of allylic oxidation sites excluding steroid dienone is 4. The van der Waals surface area contributed by atoms with Gasteiger partial charge in [-0.15, -0.1) is 0 Å². The van der Waals surface area contributed by atoms with Gasteiger partial charge in [-0.3, -0.25) is 4.79 Å². The van der Waals surface area contributed by atoms with Crippen molar-refractivity contribution in [2.45, 2.75) is 82.7 Å². The molecule has 2 saturated carbocycles. The van der Waals surface area contributed by atoms with Crippen LogP contribution in [0.1, 0.15) is 81.8 Å². The Kier molecular flexibility index (Phi) is 4.39. The molecule has 1 spiro atoms. The second kappa shape index (κ2) is 7.07. The van der Waals surface area contributed by atoms with Crippen LogP contribution < -0.4 is 4.90 Å². The number of hydrogen-bond donors (Lipinski definition) is 0. The summed E-state index contributed by atoms with van der Waals surface area (Å²) in [5.74, 6) is 2.20. The van der Waals surface area contributed by atoms with Gasteiger partial charge >= 0.3 is 0 Å². The number of benzene rings is 1. The fourth-order valence-corrected chi connectivity index (χ4v) is 9.19. The van der Waals surface area contributed by atoms with Gasteiger partial charge in [0.25, 0.3) is 0 Å². The number of carbonyl (C=O) groups is 1. The van der Waals surface area contributed by atoms with E-state index in [1.807, 2.05) is 6.08 Å². The third-order valence-electron chi connectivity index (χ3n) is 10.8. The molecule has 33 heavy (non-hydrogen) atoms. The minimum atomic E-state index is 0.0989. The molecule has 1 unspecified atom stereocenters. The Balaban J connectivity index is 1.40.